The van der Waals surface area contributed by atoms with Crippen LogP contribution >= 0.6 is 15.9 Å². The molecule has 1 unspecified atom stereocenters. The normalized spacial score (nSPS) is 20.6. The molecule has 1 fully saturated rings. The van der Waals surface area contributed by atoms with E-state index < -0.39 is 0 Å². The molecular formula is C11H17BrN4O. The Hall–Kier alpha value is -0.880. The highest BCUT2D eigenvalue weighted by atomic mass is 79.9. The zero-order valence-electron chi connectivity index (χ0n) is 9.90. The van der Waals surface area contributed by atoms with Gasteiger partial charge in [0.2, 0.25) is 0 Å². The average molecular weight is 301 g/mol. The monoisotopic (exact) mass is 300 g/mol. The smallest absolute Gasteiger partial charge is 0.148 e. The maximum absolute atomic E-state index is 5.77. The van der Waals surface area contributed by atoms with Gasteiger partial charge in [0.15, 0.2) is 0 Å². The van der Waals surface area contributed by atoms with Gasteiger partial charge in [-0.2, -0.15) is 0 Å². The predicted octanol–water partition coefficient (Wildman–Crippen LogP) is 1.68. The van der Waals surface area contributed by atoms with Crippen LogP contribution < -0.4 is 10.6 Å². The van der Waals surface area contributed by atoms with E-state index in [2.05, 4.69) is 30.8 Å². The van der Waals surface area contributed by atoms with Crippen molar-refractivity contribution in [1.82, 2.24) is 9.97 Å². The molecule has 94 valence electrons. The van der Waals surface area contributed by atoms with E-state index in [1.165, 1.54) is 12.7 Å². The number of aromatic nitrogens is 2. The number of methoxy groups -OCH3 is 1. The molecule has 0 aromatic carbocycles. The van der Waals surface area contributed by atoms with Crippen molar-refractivity contribution in [3.05, 3.63) is 10.8 Å². The summed E-state index contributed by atoms with van der Waals surface area (Å²) in [7, 11) is 1.75. The highest BCUT2D eigenvalue weighted by molar-refractivity contribution is 9.10. The maximum atomic E-state index is 5.77. The van der Waals surface area contributed by atoms with Gasteiger partial charge in [0.1, 0.15) is 22.4 Å². The van der Waals surface area contributed by atoms with E-state index in [-0.39, 0.29) is 0 Å². The molecule has 6 heteroatoms. The molecule has 2 N–H and O–H groups in total. The van der Waals surface area contributed by atoms with Gasteiger partial charge in [-0.25, -0.2) is 9.97 Å². The fraction of sp³-hybridized carbons (Fsp3) is 0.636. The van der Waals surface area contributed by atoms with Crippen LogP contribution in [0.4, 0.5) is 11.6 Å². The van der Waals surface area contributed by atoms with Crippen LogP contribution in [0, 0.1) is 5.92 Å². The van der Waals surface area contributed by atoms with Crippen LogP contribution in [0.1, 0.15) is 12.8 Å². The molecular weight excluding hydrogens is 284 g/mol. The molecule has 1 aliphatic rings. The van der Waals surface area contributed by atoms with E-state index in [0.717, 1.165) is 36.4 Å². The second-order valence-corrected chi connectivity index (χ2v) is 5.10. The highest BCUT2D eigenvalue weighted by Gasteiger charge is 2.23. The molecule has 2 rings (SSSR count). The van der Waals surface area contributed by atoms with Crippen molar-refractivity contribution < 1.29 is 4.74 Å². The van der Waals surface area contributed by atoms with Crippen molar-refractivity contribution >= 4 is 27.6 Å². The molecule has 1 saturated heterocycles. The molecule has 0 bridgehead atoms. The zero-order valence-corrected chi connectivity index (χ0v) is 11.5. The Bertz CT molecular complexity index is 386. The number of nitrogens with zero attached hydrogens (tertiary/aromatic N) is 3. The molecule has 1 aromatic heterocycles. The number of nitrogens with two attached hydrogens (primary N) is 1. The Balaban J connectivity index is 2.13. The first-order valence-electron chi connectivity index (χ1n) is 5.72. The summed E-state index contributed by atoms with van der Waals surface area (Å²) in [5, 5.41) is 0. The fourth-order valence-corrected chi connectivity index (χ4v) is 2.68. The van der Waals surface area contributed by atoms with Gasteiger partial charge in [-0.05, 0) is 34.7 Å². The van der Waals surface area contributed by atoms with Crippen molar-refractivity contribution in [2.45, 2.75) is 12.8 Å². The third-order valence-corrected chi connectivity index (χ3v) is 3.78. The quantitative estimate of drug-likeness (QED) is 0.920. The number of piperidine rings is 1. The summed E-state index contributed by atoms with van der Waals surface area (Å²) < 4.78 is 6.01. The molecule has 5 nitrogen and oxygen atoms in total. The summed E-state index contributed by atoms with van der Waals surface area (Å²) >= 11 is 3.45. The summed E-state index contributed by atoms with van der Waals surface area (Å²) in [6.45, 7) is 2.77. The number of anilines is 2. The minimum atomic E-state index is 0.490. The molecule has 1 aliphatic heterocycles. The minimum Gasteiger partial charge on any atom is -0.384 e. The lowest BCUT2D eigenvalue weighted by Crippen LogP contribution is -2.37. The molecule has 0 amide bonds. The van der Waals surface area contributed by atoms with Crippen LogP contribution in [0.15, 0.2) is 10.8 Å². The first-order valence-corrected chi connectivity index (χ1v) is 6.51. The predicted molar refractivity (Wildman–Crippen MR) is 71.0 cm³/mol. The summed E-state index contributed by atoms with van der Waals surface area (Å²) in [6, 6.07) is 0. The van der Waals surface area contributed by atoms with Gasteiger partial charge in [-0.1, -0.05) is 0 Å². The molecule has 17 heavy (non-hydrogen) atoms. The lowest BCUT2D eigenvalue weighted by Gasteiger charge is -2.33. The van der Waals surface area contributed by atoms with Crippen molar-refractivity contribution in [3.8, 4) is 0 Å². The third kappa shape index (κ3) is 2.87. The van der Waals surface area contributed by atoms with Crippen molar-refractivity contribution in [1.29, 1.82) is 0 Å². The number of halogens is 1. The van der Waals surface area contributed by atoms with E-state index in [1.807, 2.05) is 0 Å². The van der Waals surface area contributed by atoms with Crippen LogP contribution in [0.25, 0.3) is 0 Å². The minimum absolute atomic E-state index is 0.490. The summed E-state index contributed by atoms with van der Waals surface area (Å²) in [5.74, 6) is 1.94. The standard InChI is InChI=1S/C11H17BrN4O/c1-17-6-8-3-2-4-16(5-8)11-9(12)10(13)14-7-15-11/h7-8H,2-6H2,1H3,(H2,13,14,15). The Labute approximate surface area is 110 Å². The van der Waals surface area contributed by atoms with Crippen molar-refractivity contribution in [2.75, 3.05) is 37.4 Å². The third-order valence-electron chi connectivity index (χ3n) is 3.02. The van der Waals surface area contributed by atoms with Gasteiger partial charge in [0.05, 0.1) is 6.61 Å². The Morgan fingerprint density at radius 2 is 2.41 bits per heavy atom. The van der Waals surface area contributed by atoms with Crippen LogP contribution in [0.3, 0.4) is 0 Å². The largest absolute Gasteiger partial charge is 0.384 e. The number of hydrogen-bond donors (Lipinski definition) is 1. The van der Waals surface area contributed by atoms with Crippen LogP contribution in [0.5, 0.6) is 0 Å². The van der Waals surface area contributed by atoms with E-state index in [4.69, 9.17) is 10.5 Å². The van der Waals surface area contributed by atoms with Gasteiger partial charge in [0.25, 0.3) is 0 Å². The fourth-order valence-electron chi connectivity index (χ4n) is 2.22. The second kappa shape index (κ2) is 5.64. The number of nitrogen functional groups attached to an aromatic ring is 1. The van der Waals surface area contributed by atoms with Crippen molar-refractivity contribution in [2.24, 2.45) is 5.92 Å². The molecule has 0 spiro atoms. The Morgan fingerprint density at radius 3 is 3.18 bits per heavy atom. The van der Waals surface area contributed by atoms with Gasteiger partial charge < -0.3 is 15.4 Å². The Kier molecular flexibility index (Phi) is 4.17. The van der Waals surface area contributed by atoms with Crippen LogP contribution in [0.2, 0.25) is 0 Å². The molecule has 1 aromatic rings. The zero-order chi connectivity index (χ0) is 12.3. The molecule has 1 atom stereocenters. The Morgan fingerprint density at radius 1 is 1.59 bits per heavy atom. The number of hydrogen-bond acceptors (Lipinski definition) is 5. The first kappa shape index (κ1) is 12.6. The molecule has 0 saturated carbocycles. The van der Waals surface area contributed by atoms with E-state index in [0.29, 0.717) is 11.7 Å². The SMILES string of the molecule is COCC1CCCN(c2ncnc(N)c2Br)C1. The first-order chi connectivity index (χ1) is 8.22. The molecule has 0 radical (unpaired) electrons. The van der Waals surface area contributed by atoms with Crippen LogP contribution in [-0.2, 0) is 4.74 Å². The average Bonchev–Trinajstić information content (AvgIpc) is 2.33. The second-order valence-electron chi connectivity index (χ2n) is 4.31. The maximum Gasteiger partial charge on any atom is 0.148 e. The lowest BCUT2D eigenvalue weighted by atomic mass is 9.99. The molecule has 2 heterocycles. The molecule has 0 aliphatic carbocycles. The summed E-state index contributed by atoms with van der Waals surface area (Å²) in [4.78, 5) is 10.5. The number of ether oxygens (including phenoxy) is 1. The van der Waals surface area contributed by atoms with Gasteiger partial charge in [0, 0.05) is 20.2 Å². The van der Waals surface area contributed by atoms with Crippen molar-refractivity contribution in [3.63, 3.8) is 0 Å². The van der Waals surface area contributed by atoms with Gasteiger partial charge in [-0.15, -0.1) is 0 Å². The van der Waals surface area contributed by atoms with E-state index >= 15 is 0 Å². The highest BCUT2D eigenvalue weighted by Crippen LogP contribution is 2.30. The summed E-state index contributed by atoms with van der Waals surface area (Å²) in [6.07, 6.45) is 3.88. The lowest BCUT2D eigenvalue weighted by molar-refractivity contribution is 0.143. The van der Waals surface area contributed by atoms with E-state index in [9.17, 15) is 0 Å². The van der Waals surface area contributed by atoms with E-state index in [1.54, 1.807) is 7.11 Å². The topological polar surface area (TPSA) is 64.3 Å². The number of rotatable bonds is 3. The van der Waals surface area contributed by atoms with Gasteiger partial charge >= 0.3 is 0 Å². The van der Waals surface area contributed by atoms with Gasteiger partial charge in [-0.3, -0.25) is 0 Å². The van der Waals surface area contributed by atoms with Crippen LogP contribution in [-0.4, -0.2) is 36.8 Å². The summed E-state index contributed by atoms with van der Waals surface area (Å²) in [5.41, 5.74) is 5.77.